The fraction of sp³-hybridized carbons (Fsp3) is 0.167. The first kappa shape index (κ1) is 20.1. The van der Waals surface area contributed by atoms with E-state index in [-0.39, 0.29) is 18.7 Å². The number of benzene rings is 2. The molecule has 0 radical (unpaired) electrons. The van der Waals surface area contributed by atoms with Gasteiger partial charge in [-0.15, -0.1) is 6.58 Å². The summed E-state index contributed by atoms with van der Waals surface area (Å²) in [6.45, 7) is 3.58. The van der Waals surface area contributed by atoms with Crippen molar-refractivity contribution < 1.29 is 17.6 Å². The number of hydrogen-bond donors (Lipinski definition) is 1. The quantitative estimate of drug-likeness (QED) is 0.731. The van der Waals surface area contributed by atoms with Crippen molar-refractivity contribution in [2.24, 2.45) is 0 Å². The SMILES string of the molecule is C=CCNS(=O)(=O)c1cc(C(=O)N(C)Cc2ccccc2Cl)ccc1F. The van der Waals surface area contributed by atoms with Crippen molar-refractivity contribution in [2.45, 2.75) is 11.4 Å². The molecule has 0 spiro atoms. The Morgan fingerprint density at radius 1 is 1.31 bits per heavy atom. The fourth-order valence-electron chi connectivity index (χ4n) is 2.26. The summed E-state index contributed by atoms with van der Waals surface area (Å²) < 4.78 is 40.5. The van der Waals surface area contributed by atoms with Crippen molar-refractivity contribution in [1.82, 2.24) is 9.62 Å². The topological polar surface area (TPSA) is 66.5 Å². The minimum absolute atomic E-state index is 0.0492. The van der Waals surface area contributed by atoms with Crippen molar-refractivity contribution in [3.05, 3.63) is 77.1 Å². The molecule has 2 rings (SSSR count). The summed E-state index contributed by atoms with van der Waals surface area (Å²) in [5.41, 5.74) is 0.799. The third-order valence-corrected chi connectivity index (χ3v) is 5.40. The molecular formula is C18H18ClFN2O3S. The van der Waals surface area contributed by atoms with Crippen LogP contribution in [0.5, 0.6) is 0 Å². The van der Waals surface area contributed by atoms with E-state index in [0.29, 0.717) is 5.02 Å². The van der Waals surface area contributed by atoms with Crippen LogP contribution in [0.3, 0.4) is 0 Å². The lowest BCUT2D eigenvalue weighted by atomic mass is 10.1. The average Bonchev–Trinajstić information content (AvgIpc) is 2.61. The molecule has 0 heterocycles. The summed E-state index contributed by atoms with van der Waals surface area (Å²) >= 11 is 6.09. The van der Waals surface area contributed by atoms with Gasteiger partial charge in [-0.2, -0.15) is 0 Å². The standard InChI is InChI=1S/C18H18ClFN2O3S/c1-3-10-21-26(24,25)17-11-13(8-9-16(17)20)18(23)22(2)12-14-6-4-5-7-15(14)19/h3-9,11,21H,1,10,12H2,2H3. The minimum Gasteiger partial charge on any atom is -0.337 e. The second-order valence-electron chi connectivity index (χ2n) is 5.54. The highest BCUT2D eigenvalue weighted by Gasteiger charge is 2.22. The minimum atomic E-state index is -4.09. The summed E-state index contributed by atoms with van der Waals surface area (Å²) in [4.78, 5) is 13.4. The van der Waals surface area contributed by atoms with Crippen molar-refractivity contribution in [3.8, 4) is 0 Å². The molecule has 0 aliphatic heterocycles. The molecule has 0 aliphatic carbocycles. The third kappa shape index (κ3) is 4.69. The van der Waals surface area contributed by atoms with Crippen LogP contribution in [-0.2, 0) is 16.6 Å². The zero-order chi connectivity index (χ0) is 19.3. The van der Waals surface area contributed by atoms with Crippen LogP contribution in [0.2, 0.25) is 5.02 Å². The van der Waals surface area contributed by atoms with E-state index < -0.39 is 26.6 Å². The van der Waals surface area contributed by atoms with Gasteiger partial charge in [-0.25, -0.2) is 17.5 Å². The lowest BCUT2D eigenvalue weighted by Gasteiger charge is -2.18. The van der Waals surface area contributed by atoms with Crippen LogP contribution in [0.1, 0.15) is 15.9 Å². The number of halogens is 2. The Kier molecular flexibility index (Phi) is 6.52. The van der Waals surface area contributed by atoms with Crippen LogP contribution >= 0.6 is 11.6 Å². The van der Waals surface area contributed by atoms with Crippen LogP contribution in [0.25, 0.3) is 0 Å². The molecule has 138 valence electrons. The Balaban J connectivity index is 2.28. The number of nitrogens with one attached hydrogen (secondary N) is 1. The molecular weight excluding hydrogens is 379 g/mol. The summed E-state index contributed by atoms with van der Waals surface area (Å²) in [7, 11) is -2.53. The Morgan fingerprint density at radius 3 is 2.65 bits per heavy atom. The molecule has 1 amide bonds. The van der Waals surface area contributed by atoms with E-state index in [1.165, 1.54) is 17.0 Å². The monoisotopic (exact) mass is 396 g/mol. The summed E-state index contributed by atoms with van der Waals surface area (Å²) in [6, 6.07) is 10.3. The normalized spacial score (nSPS) is 11.2. The van der Waals surface area contributed by atoms with Gasteiger partial charge in [-0.3, -0.25) is 4.79 Å². The zero-order valence-corrected chi connectivity index (χ0v) is 15.6. The van der Waals surface area contributed by atoms with Crippen LogP contribution < -0.4 is 4.72 Å². The molecule has 0 unspecified atom stereocenters. The number of amides is 1. The first-order chi connectivity index (χ1) is 12.3. The maximum atomic E-state index is 14.0. The van der Waals surface area contributed by atoms with Crippen molar-refractivity contribution in [3.63, 3.8) is 0 Å². The van der Waals surface area contributed by atoms with E-state index in [1.54, 1.807) is 31.3 Å². The Bertz CT molecular complexity index is 932. The zero-order valence-electron chi connectivity index (χ0n) is 14.1. The number of sulfonamides is 1. The van der Waals surface area contributed by atoms with E-state index in [0.717, 1.165) is 17.7 Å². The van der Waals surface area contributed by atoms with E-state index in [9.17, 15) is 17.6 Å². The Morgan fingerprint density at radius 2 is 2.00 bits per heavy atom. The molecule has 0 aromatic heterocycles. The first-order valence-corrected chi connectivity index (χ1v) is 9.51. The maximum Gasteiger partial charge on any atom is 0.253 e. The molecule has 0 saturated carbocycles. The van der Waals surface area contributed by atoms with Crippen LogP contribution in [0.15, 0.2) is 60.0 Å². The second kappa shape index (κ2) is 8.44. The van der Waals surface area contributed by atoms with Gasteiger partial charge < -0.3 is 4.90 Å². The van der Waals surface area contributed by atoms with E-state index >= 15 is 0 Å². The lowest BCUT2D eigenvalue weighted by molar-refractivity contribution is 0.0785. The van der Waals surface area contributed by atoms with Gasteiger partial charge >= 0.3 is 0 Å². The van der Waals surface area contributed by atoms with Crippen LogP contribution in [-0.4, -0.2) is 32.8 Å². The van der Waals surface area contributed by atoms with Crippen LogP contribution in [0.4, 0.5) is 4.39 Å². The lowest BCUT2D eigenvalue weighted by Crippen LogP contribution is -2.28. The van der Waals surface area contributed by atoms with Crippen molar-refractivity contribution in [2.75, 3.05) is 13.6 Å². The number of hydrogen-bond acceptors (Lipinski definition) is 3. The van der Waals surface area contributed by atoms with Gasteiger partial charge in [0.05, 0.1) is 0 Å². The largest absolute Gasteiger partial charge is 0.337 e. The van der Waals surface area contributed by atoms with Gasteiger partial charge in [0.25, 0.3) is 5.91 Å². The molecule has 0 atom stereocenters. The molecule has 0 saturated heterocycles. The van der Waals surface area contributed by atoms with Gasteiger partial charge in [0.1, 0.15) is 10.7 Å². The van der Waals surface area contributed by atoms with E-state index in [1.807, 2.05) is 0 Å². The van der Waals surface area contributed by atoms with Gasteiger partial charge in [0.2, 0.25) is 10.0 Å². The summed E-state index contributed by atoms with van der Waals surface area (Å²) in [6.07, 6.45) is 1.34. The molecule has 0 aliphatic rings. The molecule has 0 fully saturated rings. The van der Waals surface area contributed by atoms with Gasteiger partial charge in [0.15, 0.2) is 0 Å². The summed E-state index contributed by atoms with van der Waals surface area (Å²) in [5.74, 6) is -1.39. The fourth-order valence-corrected chi connectivity index (χ4v) is 3.56. The molecule has 5 nitrogen and oxygen atoms in total. The number of nitrogens with zero attached hydrogens (tertiary/aromatic N) is 1. The predicted octanol–water partition coefficient (Wildman–Crippen LogP) is 3.22. The molecule has 0 bridgehead atoms. The maximum absolute atomic E-state index is 14.0. The molecule has 1 N–H and O–H groups in total. The molecule has 2 aromatic carbocycles. The highest BCUT2D eigenvalue weighted by molar-refractivity contribution is 7.89. The highest BCUT2D eigenvalue weighted by Crippen LogP contribution is 2.20. The first-order valence-electron chi connectivity index (χ1n) is 7.65. The Labute approximate surface area is 157 Å². The van der Waals surface area contributed by atoms with Gasteiger partial charge in [-0.05, 0) is 29.8 Å². The molecule has 8 heteroatoms. The van der Waals surface area contributed by atoms with E-state index in [4.69, 9.17) is 11.6 Å². The van der Waals surface area contributed by atoms with Gasteiger partial charge in [0, 0.05) is 30.7 Å². The van der Waals surface area contributed by atoms with E-state index in [2.05, 4.69) is 11.3 Å². The number of carbonyl (C=O) groups excluding carboxylic acids is 1. The second-order valence-corrected chi connectivity index (χ2v) is 7.68. The smallest absolute Gasteiger partial charge is 0.253 e. The highest BCUT2D eigenvalue weighted by atomic mass is 35.5. The van der Waals surface area contributed by atoms with Crippen LogP contribution in [0, 0.1) is 5.82 Å². The number of rotatable bonds is 7. The predicted molar refractivity (Wildman–Crippen MR) is 99.0 cm³/mol. The summed E-state index contributed by atoms with van der Waals surface area (Å²) in [5, 5.41) is 0.517. The Hall–Kier alpha value is -2.22. The van der Waals surface area contributed by atoms with Crippen molar-refractivity contribution in [1.29, 1.82) is 0 Å². The average molecular weight is 397 g/mol. The third-order valence-electron chi connectivity index (χ3n) is 3.60. The number of carbonyl (C=O) groups is 1. The van der Waals surface area contributed by atoms with Gasteiger partial charge in [-0.1, -0.05) is 35.9 Å². The van der Waals surface area contributed by atoms with Crippen molar-refractivity contribution >= 4 is 27.5 Å². The molecule has 2 aromatic rings. The molecule has 26 heavy (non-hydrogen) atoms.